The van der Waals surface area contributed by atoms with Gasteiger partial charge in [0.2, 0.25) is 0 Å². The van der Waals surface area contributed by atoms with Gasteiger partial charge in [-0.15, -0.1) is 0 Å². The molecule has 0 bridgehead atoms. The normalized spacial score (nSPS) is 14.9. The van der Waals surface area contributed by atoms with E-state index in [4.69, 9.17) is 5.11 Å². The van der Waals surface area contributed by atoms with Gasteiger partial charge in [0, 0.05) is 13.0 Å². The van der Waals surface area contributed by atoms with Crippen LogP contribution in [0.3, 0.4) is 0 Å². The van der Waals surface area contributed by atoms with Gasteiger partial charge in [0.25, 0.3) is 0 Å². The van der Waals surface area contributed by atoms with E-state index in [1.165, 1.54) is 0 Å². The molecule has 0 aliphatic heterocycles. The minimum Gasteiger partial charge on any atom is -0.396 e. The largest absolute Gasteiger partial charge is 0.396 e. The lowest BCUT2D eigenvalue weighted by Crippen LogP contribution is -2.32. The van der Waals surface area contributed by atoms with Crippen molar-refractivity contribution >= 4 is 0 Å². The molecule has 0 saturated carbocycles. The van der Waals surface area contributed by atoms with E-state index in [0.717, 1.165) is 18.4 Å². The maximum Gasteiger partial charge on any atom is 0.0709 e. The Labute approximate surface area is 91.6 Å². The third-order valence-corrected chi connectivity index (χ3v) is 2.67. The van der Waals surface area contributed by atoms with Crippen molar-refractivity contribution in [2.75, 3.05) is 6.61 Å². The molecule has 2 nitrogen and oxygen atoms in total. The summed E-state index contributed by atoms with van der Waals surface area (Å²) in [5.41, 5.74) is 0.382. The van der Waals surface area contributed by atoms with Crippen molar-refractivity contribution in [1.82, 2.24) is 0 Å². The maximum absolute atomic E-state index is 10.3. The summed E-state index contributed by atoms with van der Waals surface area (Å²) in [7, 11) is 0. The van der Waals surface area contributed by atoms with Gasteiger partial charge >= 0.3 is 0 Å². The standard InChI is InChI=1S/C13H20O2/c1-2-8-13(15,9-10-14)11-12-6-4-3-5-7-12/h3-7,14-15H,2,8-11H2,1H3. The average molecular weight is 208 g/mol. The van der Waals surface area contributed by atoms with Crippen LogP contribution >= 0.6 is 0 Å². The molecule has 0 aromatic heterocycles. The SMILES string of the molecule is CCCC(O)(CCO)Cc1ccccc1. The van der Waals surface area contributed by atoms with Crippen LogP contribution in [0.5, 0.6) is 0 Å². The zero-order valence-electron chi connectivity index (χ0n) is 9.32. The molecule has 0 fully saturated rings. The first-order valence-electron chi connectivity index (χ1n) is 5.57. The number of hydrogen-bond acceptors (Lipinski definition) is 2. The second kappa shape index (κ2) is 5.89. The van der Waals surface area contributed by atoms with Crippen LogP contribution in [0.2, 0.25) is 0 Å². The molecule has 1 aromatic carbocycles. The van der Waals surface area contributed by atoms with Crippen molar-refractivity contribution in [2.24, 2.45) is 0 Å². The summed E-state index contributed by atoms with van der Waals surface area (Å²) in [5, 5.41) is 19.3. The maximum atomic E-state index is 10.3. The molecule has 0 radical (unpaired) electrons. The van der Waals surface area contributed by atoms with Gasteiger partial charge in [-0.1, -0.05) is 43.7 Å². The lowest BCUT2D eigenvalue weighted by atomic mass is 9.87. The Kier molecular flexibility index (Phi) is 4.79. The van der Waals surface area contributed by atoms with Gasteiger partial charge in [-0.3, -0.25) is 0 Å². The fraction of sp³-hybridized carbons (Fsp3) is 0.538. The summed E-state index contributed by atoms with van der Waals surface area (Å²) in [6.45, 7) is 2.09. The third kappa shape index (κ3) is 4.02. The van der Waals surface area contributed by atoms with Crippen molar-refractivity contribution in [1.29, 1.82) is 0 Å². The number of aliphatic hydroxyl groups excluding tert-OH is 1. The van der Waals surface area contributed by atoms with Gasteiger partial charge in [0.15, 0.2) is 0 Å². The van der Waals surface area contributed by atoms with Gasteiger partial charge in [-0.05, 0) is 18.4 Å². The lowest BCUT2D eigenvalue weighted by Gasteiger charge is -2.27. The average Bonchev–Trinajstić information content (AvgIpc) is 2.19. The van der Waals surface area contributed by atoms with Gasteiger partial charge < -0.3 is 10.2 Å². The fourth-order valence-corrected chi connectivity index (χ4v) is 1.95. The van der Waals surface area contributed by atoms with Gasteiger partial charge in [0.05, 0.1) is 5.60 Å². The van der Waals surface area contributed by atoms with Crippen molar-refractivity contribution in [3.05, 3.63) is 35.9 Å². The highest BCUT2D eigenvalue weighted by Gasteiger charge is 2.25. The highest BCUT2D eigenvalue weighted by atomic mass is 16.3. The number of benzene rings is 1. The van der Waals surface area contributed by atoms with E-state index < -0.39 is 5.60 Å². The van der Waals surface area contributed by atoms with Crippen molar-refractivity contribution in [2.45, 2.75) is 38.2 Å². The summed E-state index contributed by atoms with van der Waals surface area (Å²) in [5.74, 6) is 0. The molecule has 0 aliphatic rings. The highest BCUT2D eigenvalue weighted by Crippen LogP contribution is 2.22. The summed E-state index contributed by atoms with van der Waals surface area (Å²) in [6.07, 6.45) is 2.75. The van der Waals surface area contributed by atoms with Crippen LogP contribution in [0.1, 0.15) is 31.7 Å². The smallest absolute Gasteiger partial charge is 0.0709 e. The predicted octanol–water partition coefficient (Wildman–Crippen LogP) is 2.14. The monoisotopic (exact) mass is 208 g/mol. The predicted molar refractivity (Wildman–Crippen MR) is 61.7 cm³/mol. The van der Waals surface area contributed by atoms with Crippen molar-refractivity contribution in [3.8, 4) is 0 Å². The first-order chi connectivity index (χ1) is 7.20. The summed E-state index contributed by atoms with van der Waals surface area (Å²) >= 11 is 0. The zero-order chi connectivity index (χ0) is 11.1. The molecule has 0 amide bonds. The highest BCUT2D eigenvalue weighted by molar-refractivity contribution is 5.17. The van der Waals surface area contributed by atoms with Crippen LogP contribution in [0, 0.1) is 0 Å². The Morgan fingerprint density at radius 2 is 1.80 bits per heavy atom. The molecule has 1 atom stereocenters. The molecule has 1 rings (SSSR count). The first-order valence-corrected chi connectivity index (χ1v) is 5.57. The van der Waals surface area contributed by atoms with E-state index >= 15 is 0 Å². The molecule has 0 aliphatic carbocycles. The molecule has 1 unspecified atom stereocenters. The number of aliphatic hydroxyl groups is 2. The third-order valence-electron chi connectivity index (χ3n) is 2.67. The summed E-state index contributed by atoms with van der Waals surface area (Å²) in [4.78, 5) is 0. The summed E-state index contributed by atoms with van der Waals surface area (Å²) < 4.78 is 0. The van der Waals surface area contributed by atoms with E-state index in [2.05, 4.69) is 0 Å². The van der Waals surface area contributed by atoms with Crippen molar-refractivity contribution in [3.63, 3.8) is 0 Å². The minimum atomic E-state index is -0.745. The van der Waals surface area contributed by atoms with E-state index in [0.29, 0.717) is 12.8 Å². The van der Waals surface area contributed by atoms with Gasteiger partial charge in [0.1, 0.15) is 0 Å². The molecule has 2 heteroatoms. The Hall–Kier alpha value is -0.860. The first kappa shape index (κ1) is 12.2. The second-order valence-electron chi connectivity index (χ2n) is 4.11. The minimum absolute atomic E-state index is 0.0450. The van der Waals surface area contributed by atoms with E-state index in [1.807, 2.05) is 37.3 Å². The Bertz CT molecular complexity index is 263. The van der Waals surface area contributed by atoms with Crippen LogP contribution < -0.4 is 0 Å². The van der Waals surface area contributed by atoms with E-state index in [1.54, 1.807) is 0 Å². The van der Waals surface area contributed by atoms with Crippen LogP contribution in [0.4, 0.5) is 0 Å². The molecule has 2 N–H and O–H groups in total. The van der Waals surface area contributed by atoms with Crippen LogP contribution in [0.25, 0.3) is 0 Å². The molecule has 0 spiro atoms. The zero-order valence-corrected chi connectivity index (χ0v) is 9.32. The van der Waals surface area contributed by atoms with Crippen LogP contribution in [-0.4, -0.2) is 22.4 Å². The topological polar surface area (TPSA) is 40.5 Å². The van der Waals surface area contributed by atoms with Crippen molar-refractivity contribution < 1.29 is 10.2 Å². The molecule has 1 aromatic rings. The Balaban J connectivity index is 2.66. The number of rotatable bonds is 6. The molecule has 15 heavy (non-hydrogen) atoms. The summed E-state index contributed by atoms with van der Waals surface area (Å²) in [6, 6.07) is 9.94. The molecular formula is C13H20O2. The van der Waals surface area contributed by atoms with E-state index in [-0.39, 0.29) is 6.61 Å². The van der Waals surface area contributed by atoms with Gasteiger partial charge in [-0.25, -0.2) is 0 Å². The number of hydrogen-bond donors (Lipinski definition) is 2. The Morgan fingerprint density at radius 1 is 1.13 bits per heavy atom. The second-order valence-corrected chi connectivity index (χ2v) is 4.11. The molecule has 84 valence electrons. The molecule has 0 heterocycles. The quantitative estimate of drug-likeness (QED) is 0.752. The molecule has 0 saturated heterocycles. The molecular weight excluding hydrogens is 188 g/mol. The van der Waals surface area contributed by atoms with Crippen LogP contribution in [0.15, 0.2) is 30.3 Å². The van der Waals surface area contributed by atoms with Gasteiger partial charge in [-0.2, -0.15) is 0 Å². The fourth-order valence-electron chi connectivity index (χ4n) is 1.95. The lowest BCUT2D eigenvalue weighted by molar-refractivity contribution is 0.00756. The van der Waals surface area contributed by atoms with E-state index in [9.17, 15) is 5.11 Å². The van der Waals surface area contributed by atoms with Crippen LogP contribution in [-0.2, 0) is 6.42 Å². The Morgan fingerprint density at radius 3 is 2.33 bits per heavy atom.